The van der Waals surface area contributed by atoms with E-state index in [9.17, 15) is 19.3 Å². The van der Waals surface area contributed by atoms with Gasteiger partial charge in [-0.1, -0.05) is 13.0 Å². The van der Waals surface area contributed by atoms with Crippen LogP contribution in [0.15, 0.2) is 48.5 Å². The minimum atomic E-state index is -0.527. The molecule has 1 N–H and O–H groups in total. The van der Waals surface area contributed by atoms with Crippen molar-refractivity contribution in [2.45, 2.75) is 13.3 Å². The number of nitrogens with one attached hydrogen (secondary N) is 1. The summed E-state index contributed by atoms with van der Waals surface area (Å²) < 4.78 is 18.2. The van der Waals surface area contributed by atoms with Gasteiger partial charge in [0.2, 0.25) is 5.91 Å². The molecule has 0 aliphatic carbocycles. The number of benzene rings is 2. The van der Waals surface area contributed by atoms with Gasteiger partial charge < -0.3 is 10.1 Å². The summed E-state index contributed by atoms with van der Waals surface area (Å²) in [5, 5.41) is 13.7. The molecular formula is C18H17FN2O4. The van der Waals surface area contributed by atoms with Crippen molar-refractivity contribution in [2.24, 2.45) is 0 Å². The molecule has 0 bridgehead atoms. The van der Waals surface area contributed by atoms with Crippen molar-refractivity contribution in [3.63, 3.8) is 0 Å². The van der Waals surface area contributed by atoms with Crippen molar-refractivity contribution in [3.8, 4) is 5.75 Å². The third-order valence-electron chi connectivity index (χ3n) is 3.18. The number of halogens is 1. The second-order valence-electron chi connectivity index (χ2n) is 5.16. The molecule has 0 radical (unpaired) electrons. The molecule has 0 heterocycles. The Bertz CT molecular complexity index is 788. The molecule has 0 aliphatic heterocycles. The van der Waals surface area contributed by atoms with E-state index in [0.29, 0.717) is 17.9 Å². The van der Waals surface area contributed by atoms with Crippen molar-refractivity contribution in [2.75, 3.05) is 11.9 Å². The van der Waals surface area contributed by atoms with Gasteiger partial charge in [0.15, 0.2) is 5.75 Å². The van der Waals surface area contributed by atoms with Gasteiger partial charge in [0, 0.05) is 17.8 Å². The molecule has 0 saturated carbocycles. The lowest BCUT2D eigenvalue weighted by molar-refractivity contribution is -0.385. The van der Waals surface area contributed by atoms with Crippen molar-refractivity contribution >= 4 is 23.4 Å². The molecular weight excluding hydrogens is 327 g/mol. The SMILES string of the molecule is CCCOc1ccc(/C=C/C(=O)Nc2ccc(F)cc2)cc1[N+](=O)[O-]. The largest absolute Gasteiger partial charge is 0.487 e. The Hall–Kier alpha value is -3.22. The maximum absolute atomic E-state index is 12.8. The van der Waals surface area contributed by atoms with E-state index < -0.39 is 16.6 Å². The predicted molar refractivity (Wildman–Crippen MR) is 92.9 cm³/mol. The monoisotopic (exact) mass is 344 g/mol. The van der Waals surface area contributed by atoms with Gasteiger partial charge in [-0.2, -0.15) is 0 Å². The molecule has 7 heteroatoms. The first-order valence-electron chi connectivity index (χ1n) is 7.65. The summed E-state index contributed by atoms with van der Waals surface area (Å²) in [5.41, 5.74) is 0.782. The van der Waals surface area contributed by atoms with E-state index in [1.165, 1.54) is 48.6 Å². The molecule has 2 aromatic carbocycles. The minimum Gasteiger partial charge on any atom is -0.487 e. The molecule has 1 amide bonds. The fourth-order valence-electron chi connectivity index (χ4n) is 2.00. The fourth-order valence-corrected chi connectivity index (χ4v) is 2.00. The molecule has 2 rings (SSSR count). The smallest absolute Gasteiger partial charge is 0.311 e. The van der Waals surface area contributed by atoms with E-state index in [1.807, 2.05) is 6.92 Å². The number of hydrogen-bond acceptors (Lipinski definition) is 4. The second kappa shape index (κ2) is 8.58. The summed E-state index contributed by atoms with van der Waals surface area (Å²) in [7, 11) is 0. The van der Waals surface area contributed by atoms with Crippen LogP contribution >= 0.6 is 0 Å². The zero-order valence-electron chi connectivity index (χ0n) is 13.6. The molecule has 0 atom stereocenters. The zero-order chi connectivity index (χ0) is 18.2. The molecule has 0 unspecified atom stereocenters. The van der Waals surface area contributed by atoms with Crippen LogP contribution in [0, 0.1) is 15.9 Å². The van der Waals surface area contributed by atoms with E-state index in [4.69, 9.17) is 4.74 Å². The van der Waals surface area contributed by atoms with E-state index in [1.54, 1.807) is 6.07 Å². The Labute approximate surface area is 144 Å². The van der Waals surface area contributed by atoms with Gasteiger partial charge in [0.05, 0.1) is 11.5 Å². The highest BCUT2D eigenvalue weighted by atomic mass is 19.1. The van der Waals surface area contributed by atoms with Crippen LogP contribution < -0.4 is 10.1 Å². The Balaban J connectivity index is 2.09. The van der Waals surface area contributed by atoms with Crippen LogP contribution in [-0.4, -0.2) is 17.4 Å². The highest BCUT2D eigenvalue weighted by Gasteiger charge is 2.15. The Morgan fingerprint density at radius 1 is 1.28 bits per heavy atom. The number of anilines is 1. The first-order valence-corrected chi connectivity index (χ1v) is 7.65. The summed E-state index contributed by atoms with van der Waals surface area (Å²) in [6, 6.07) is 9.81. The van der Waals surface area contributed by atoms with Gasteiger partial charge in [0.25, 0.3) is 0 Å². The fraction of sp³-hybridized carbons (Fsp3) is 0.167. The van der Waals surface area contributed by atoms with Gasteiger partial charge in [-0.3, -0.25) is 14.9 Å². The van der Waals surface area contributed by atoms with Gasteiger partial charge in [0.1, 0.15) is 5.82 Å². The molecule has 25 heavy (non-hydrogen) atoms. The van der Waals surface area contributed by atoms with Gasteiger partial charge >= 0.3 is 5.69 Å². The van der Waals surface area contributed by atoms with Crippen molar-refractivity contribution in [1.82, 2.24) is 0 Å². The van der Waals surface area contributed by atoms with E-state index >= 15 is 0 Å². The van der Waals surface area contributed by atoms with Crippen LogP contribution in [0.5, 0.6) is 5.75 Å². The molecule has 0 aromatic heterocycles. The summed E-state index contributed by atoms with van der Waals surface area (Å²) >= 11 is 0. The van der Waals surface area contributed by atoms with Crippen LogP contribution in [0.1, 0.15) is 18.9 Å². The molecule has 2 aromatic rings. The van der Waals surface area contributed by atoms with Crippen LogP contribution in [0.4, 0.5) is 15.8 Å². The molecule has 0 saturated heterocycles. The molecule has 130 valence electrons. The highest BCUT2D eigenvalue weighted by Crippen LogP contribution is 2.28. The summed E-state index contributed by atoms with van der Waals surface area (Å²) in [5.74, 6) is -0.633. The second-order valence-corrected chi connectivity index (χ2v) is 5.16. The number of hydrogen-bond donors (Lipinski definition) is 1. The lowest BCUT2D eigenvalue weighted by atomic mass is 10.1. The van der Waals surface area contributed by atoms with Crippen molar-refractivity contribution in [1.29, 1.82) is 0 Å². The first-order chi connectivity index (χ1) is 12.0. The third-order valence-corrected chi connectivity index (χ3v) is 3.18. The lowest BCUT2D eigenvalue weighted by Crippen LogP contribution is -2.07. The van der Waals surface area contributed by atoms with E-state index in [2.05, 4.69) is 5.32 Å². The van der Waals surface area contributed by atoms with Crippen molar-refractivity contribution < 1.29 is 18.8 Å². The summed E-state index contributed by atoms with van der Waals surface area (Å²) in [6.07, 6.45) is 3.44. The Morgan fingerprint density at radius 3 is 2.64 bits per heavy atom. The number of carbonyl (C=O) groups is 1. The van der Waals surface area contributed by atoms with Crippen LogP contribution in [0.2, 0.25) is 0 Å². The summed E-state index contributed by atoms with van der Waals surface area (Å²) in [4.78, 5) is 22.5. The molecule has 6 nitrogen and oxygen atoms in total. The van der Waals surface area contributed by atoms with Crippen LogP contribution in [0.25, 0.3) is 6.08 Å². The number of nitrogens with zero attached hydrogens (tertiary/aromatic N) is 1. The van der Waals surface area contributed by atoms with Crippen molar-refractivity contribution in [3.05, 3.63) is 70.0 Å². The normalized spacial score (nSPS) is 10.6. The van der Waals surface area contributed by atoms with E-state index in [0.717, 1.165) is 6.42 Å². The Kier molecular flexibility index (Phi) is 6.22. The standard InChI is InChI=1S/C18H17FN2O4/c1-2-11-25-17-9-3-13(12-16(17)21(23)24)4-10-18(22)20-15-7-5-14(19)6-8-15/h3-10,12H,2,11H2,1H3,(H,20,22)/b10-4+. The average Bonchev–Trinajstić information content (AvgIpc) is 2.60. The minimum absolute atomic E-state index is 0.158. The van der Waals surface area contributed by atoms with Gasteiger partial charge in [-0.15, -0.1) is 0 Å². The number of ether oxygens (including phenoxy) is 1. The zero-order valence-corrected chi connectivity index (χ0v) is 13.6. The van der Waals surface area contributed by atoms with Crippen LogP contribution in [-0.2, 0) is 4.79 Å². The average molecular weight is 344 g/mol. The van der Waals surface area contributed by atoms with Gasteiger partial charge in [-0.05, 0) is 48.4 Å². The third kappa shape index (κ3) is 5.42. The maximum atomic E-state index is 12.8. The lowest BCUT2D eigenvalue weighted by Gasteiger charge is -2.06. The highest BCUT2D eigenvalue weighted by molar-refractivity contribution is 6.01. The number of amides is 1. The Morgan fingerprint density at radius 2 is 2.00 bits per heavy atom. The maximum Gasteiger partial charge on any atom is 0.311 e. The quantitative estimate of drug-likeness (QED) is 0.464. The molecule has 0 spiro atoms. The number of nitro groups is 1. The van der Waals surface area contributed by atoms with E-state index in [-0.39, 0.29) is 11.4 Å². The summed E-state index contributed by atoms with van der Waals surface area (Å²) in [6.45, 7) is 2.29. The van der Waals surface area contributed by atoms with Gasteiger partial charge in [-0.25, -0.2) is 4.39 Å². The molecule has 0 aliphatic rings. The predicted octanol–water partition coefficient (Wildman–Crippen LogP) is 4.17. The number of rotatable bonds is 7. The number of nitro benzene ring substituents is 1. The van der Waals surface area contributed by atoms with Crippen LogP contribution in [0.3, 0.4) is 0 Å². The first kappa shape index (κ1) is 18.1. The topological polar surface area (TPSA) is 81.5 Å². The molecule has 0 fully saturated rings. The number of carbonyl (C=O) groups excluding carboxylic acids is 1.